The molecule has 0 radical (unpaired) electrons. The summed E-state index contributed by atoms with van der Waals surface area (Å²) in [6, 6.07) is 9.07. The number of carbonyl (C=O) groups is 1. The maximum absolute atomic E-state index is 12.4. The molecule has 1 amide bonds. The maximum atomic E-state index is 12.4. The molecule has 2 aromatic rings. The molecule has 0 aliphatic carbocycles. The van der Waals surface area contributed by atoms with E-state index in [1.165, 1.54) is 0 Å². The number of hydrogen-bond acceptors (Lipinski definition) is 3. The first kappa shape index (κ1) is 13.3. The molecule has 1 saturated heterocycles. The van der Waals surface area contributed by atoms with E-state index in [1.54, 1.807) is 11.0 Å². The standard InChI is InChI=1S/C15H15ClN2O2/c16-12-8-14(17-13-6-2-1-5-11(12)13)15(20)18-7-3-4-10(19)9-18/h1-2,5-6,8,10,19H,3-4,7,9H2/t10-/m0/s1. The van der Waals surface area contributed by atoms with Crippen LogP contribution in [0, 0.1) is 0 Å². The molecule has 0 saturated carbocycles. The second-order valence-corrected chi connectivity index (χ2v) is 5.46. The Balaban J connectivity index is 1.95. The van der Waals surface area contributed by atoms with Gasteiger partial charge in [-0.3, -0.25) is 4.79 Å². The number of β-amino-alcohol motifs (C(OH)–C–C–N with tert-alkyl or cyclic N) is 1. The number of likely N-dealkylation sites (tertiary alicyclic amines) is 1. The van der Waals surface area contributed by atoms with Crippen LogP contribution >= 0.6 is 11.6 Å². The Morgan fingerprint density at radius 3 is 3.00 bits per heavy atom. The monoisotopic (exact) mass is 290 g/mol. The lowest BCUT2D eigenvalue weighted by Gasteiger charge is -2.29. The summed E-state index contributed by atoms with van der Waals surface area (Å²) in [5.74, 6) is -0.170. The quantitative estimate of drug-likeness (QED) is 0.878. The first-order chi connectivity index (χ1) is 9.65. The van der Waals surface area contributed by atoms with Gasteiger partial charge >= 0.3 is 0 Å². The van der Waals surface area contributed by atoms with Gasteiger partial charge in [0.05, 0.1) is 16.6 Å². The first-order valence-electron chi connectivity index (χ1n) is 6.68. The Morgan fingerprint density at radius 2 is 2.20 bits per heavy atom. The van der Waals surface area contributed by atoms with Crippen molar-refractivity contribution in [2.45, 2.75) is 18.9 Å². The van der Waals surface area contributed by atoms with Gasteiger partial charge in [0.25, 0.3) is 5.91 Å². The predicted octanol–water partition coefficient (Wildman–Crippen LogP) is 2.49. The van der Waals surface area contributed by atoms with Gasteiger partial charge < -0.3 is 10.0 Å². The number of rotatable bonds is 1. The Kier molecular flexibility index (Phi) is 3.59. The summed E-state index contributed by atoms with van der Waals surface area (Å²) in [5, 5.41) is 11.0. The van der Waals surface area contributed by atoms with Crippen LogP contribution in [-0.4, -0.2) is 40.1 Å². The van der Waals surface area contributed by atoms with Crippen molar-refractivity contribution in [3.05, 3.63) is 41.0 Å². The van der Waals surface area contributed by atoms with Crippen molar-refractivity contribution >= 4 is 28.4 Å². The molecule has 5 heteroatoms. The van der Waals surface area contributed by atoms with Crippen LogP contribution in [0.1, 0.15) is 23.3 Å². The molecule has 1 atom stereocenters. The highest BCUT2D eigenvalue weighted by molar-refractivity contribution is 6.35. The van der Waals surface area contributed by atoms with E-state index in [4.69, 9.17) is 11.6 Å². The maximum Gasteiger partial charge on any atom is 0.272 e. The van der Waals surface area contributed by atoms with Gasteiger partial charge in [-0.2, -0.15) is 0 Å². The molecule has 2 heterocycles. The number of aliphatic hydroxyl groups excluding tert-OH is 1. The molecule has 1 aromatic carbocycles. The van der Waals surface area contributed by atoms with Gasteiger partial charge in [0.2, 0.25) is 0 Å². The number of piperidine rings is 1. The van der Waals surface area contributed by atoms with Crippen molar-refractivity contribution in [1.82, 2.24) is 9.88 Å². The Hall–Kier alpha value is -1.65. The molecular weight excluding hydrogens is 276 g/mol. The Labute approximate surface area is 122 Å². The number of carbonyl (C=O) groups excluding carboxylic acids is 1. The van der Waals surface area contributed by atoms with Crippen LogP contribution in [0.4, 0.5) is 0 Å². The van der Waals surface area contributed by atoms with Crippen molar-refractivity contribution in [2.75, 3.05) is 13.1 Å². The van der Waals surface area contributed by atoms with Crippen LogP contribution in [-0.2, 0) is 0 Å². The molecule has 1 fully saturated rings. The molecule has 1 aliphatic heterocycles. The zero-order valence-corrected chi connectivity index (χ0v) is 11.7. The van der Waals surface area contributed by atoms with Gasteiger partial charge in [-0.05, 0) is 25.0 Å². The zero-order valence-electron chi connectivity index (χ0n) is 10.9. The average molecular weight is 291 g/mol. The number of benzene rings is 1. The minimum absolute atomic E-state index is 0.170. The average Bonchev–Trinajstić information content (AvgIpc) is 2.46. The molecule has 1 aromatic heterocycles. The van der Waals surface area contributed by atoms with Gasteiger partial charge in [0, 0.05) is 18.5 Å². The third-order valence-electron chi connectivity index (χ3n) is 3.57. The summed E-state index contributed by atoms with van der Waals surface area (Å²) in [6.07, 6.45) is 1.12. The van der Waals surface area contributed by atoms with E-state index in [-0.39, 0.29) is 5.91 Å². The summed E-state index contributed by atoms with van der Waals surface area (Å²) in [6.45, 7) is 1.02. The van der Waals surface area contributed by atoms with Crippen molar-refractivity contribution in [3.8, 4) is 0 Å². The smallest absolute Gasteiger partial charge is 0.272 e. The van der Waals surface area contributed by atoms with Crippen LogP contribution in [0.3, 0.4) is 0 Å². The fourth-order valence-electron chi connectivity index (χ4n) is 2.54. The number of halogens is 1. The van der Waals surface area contributed by atoms with Crippen LogP contribution in [0.15, 0.2) is 30.3 Å². The van der Waals surface area contributed by atoms with Crippen LogP contribution in [0.2, 0.25) is 5.02 Å². The molecule has 1 N–H and O–H groups in total. The number of pyridine rings is 1. The topological polar surface area (TPSA) is 53.4 Å². The molecule has 3 rings (SSSR count). The van der Waals surface area contributed by atoms with Crippen molar-refractivity contribution in [1.29, 1.82) is 0 Å². The molecular formula is C15H15ClN2O2. The third kappa shape index (κ3) is 2.49. The third-order valence-corrected chi connectivity index (χ3v) is 3.88. The lowest BCUT2D eigenvalue weighted by Crippen LogP contribution is -2.42. The summed E-state index contributed by atoms with van der Waals surface area (Å²) >= 11 is 6.21. The lowest BCUT2D eigenvalue weighted by molar-refractivity contribution is 0.0469. The highest BCUT2D eigenvalue weighted by atomic mass is 35.5. The molecule has 0 unspecified atom stereocenters. The van der Waals surface area contributed by atoms with Gasteiger partial charge in [0.15, 0.2) is 0 Å². The highest BCUT2D eigenvalue weighted by Gasteiger charge is 2.24. The van der Waals surface area contributed by atoms with Crippen molar-refractivity contribution in [3.63, 3.8) is 0 Å². The van der Waals surface area contributed by atoms with E-state index in [1.807, 2.05) is 24.3 Å². The largest absolute Gasteiger partial charge is 0.391 e. The van der Waals surface area contributed by atoms with E-state index in [2.05, 4.69) is 4.98 Å². The fourth-order valence-corrected chi connectivity index (χ4v) is 2.81. The Morgan fingerprint density at radius 1 is 1.40 bits per heavy atom. The summed E-state index contributed by atoms with van der Waals surface area (Å²) in [4.78, 5) is 18.5. The summed E-state index contributed by atoms with van der Waals surface area (Å²) < 4.78 is 0. The normalized spacial score (nSPS) is 19.3. The highest BCUT2D eigenvalue weighted by Crippen LogP contribution is 2.24. The van der Waals surface area contributed by atoms with E-state index in [9.17, 15) is 9.90 Å². The number of hydrogen-bond donors (Lipinski definition) is 1. The zero-order chi connectivity index (χ0) is 14.1. The second kappa shape index (κ2) is 5.38. The van der Waals surface area contributed by atoms with Crippen LogP contribution in [0.25, 0.3) is 10.9 Å². The summed E-state index contributed by atoms with van der Waals surface area (Å²) in [7, 11) is 0. The molecule has 104 valence electrons. The molecule has 1 aliphatic rings. The van der Waals surface area contributed by atoms with Gasteiger partial charge in [0.1, 0.15) is 5.69 Å². The Bertz CT molecular complexity index is 659. The predicted molar refractivity (Wildman–Crippen MR) is 77.9 cm³/mol. The van der Waals surface area contributed by atoms with E-state index < -0.39 is 6.10 Å². The SMILES string of the molecule is O=C(c1cc(Cl)c2ccccc2n1)N1CCC[C@H](O)C1. The fraction of sp³-hybridized carbons (Fsp3) is 0.333. The van der Waals surface area contributed by atoms with E-state index in [0.717, 1.165) is 18.2 Å². The van der Waals surface area contributed by atoms with E-state index >= 15 is 0 Å². The molecule has 20 heavy (non-hydrogen) atoms. The van der Waals surface area contributed by atoms with Crippen LogP contribution < -0.4 is 0 Å². The number of aromatic nitrogens is 1. The number of nitrogens with zero attached hydrogens (tertiary/aromatic N) is 2. The van der Waals surface area contributed by atoms with Crippen molar-refractivity contribution < 1.29 is 9.90 Å². The van der Waals surface area contributed by atoms with Gasteiger partial charge in [-0.1, -0.05) is 29.8 Å². The molecule has 4 nitrogen and oxygen atoms in total. The first-order valence-corrected chi connectivity index (χ1v) is 7.05. The van der Waals surface area contributed by atoms with Gasteiger partial charge in [-0.25, -0.2) is 4.98 Å². The summed E-state index contributed by atoms with van der Waals surface area (Å²) in [5.41, 5.74) is 1.05. The van der Waals surface area contributed by atoms with Crippen LogP contribution in [0.5, 0.6) is 0 Å². The number of para-hydroxylation sites is 1. The number of aliphatic hydroxyl groups is 1. The van der Waals surface area contributed by atoms with Crippen molar-refractivity contribution in [2.24, 2.45) is 0 Å². The van der Waals surface area contributed by atoms with Gasteiger partial charge in [-0.15, -0.1) is 0 Å². The lowest BCUT2D eigenvalue weighted by atomic mass is 10.1. The molecule has 0 spiro atoms. The minimum atomic E-state index is -0.441. The van der Waals surface area contributed by atoms with E-state index in [0.29, 0.717) is 29.3 Å². The minimum Gasteiger partial charge on any atom is -0.391 e. The number of fused-ring (bicyclic) bond motifs is 1. The second-order valence-electron chi connectivity index (χ2n) is 5.05. The number of amides is 1. The molecule has 0 bridgehead atoms.